The molecule has 0 aromatic heterocycles. The van der Waals surface area contributed by atoms with Gasteiger partial charge < -0.3 is 19.6 Å². The normalized spacial score (nSPS) is 29.5. The van der Waals surface area contributed by atoms with Crippen LogP contribution in [-0.2, 0) is 9.53 Å². The number of hydrogen-bond acceptors (Lipinski definition) is 4. The highest BCUT2D eigenvalue weighted by atomic mass is 16.6. The number of carbonyl (C=O) groups is 2. The van der Waals surface area contributed by atoms with Crippen LogP contribution in [0.3, 0.4) is 0 Å². The number of cyclic esters (lactones) is 1. The summed E-state index contributed by atoms with van der Waals surface area (Å²) < 4.78 is 5.28. The molecule has 0 aromatic carbocycles. The van der Waals surface area contributed by atoms with Crippen LogP contribution in [0.4, 0.5) is 4.79 Å². The van der Waals surface area contributed by atoms with Crippen molar-refractivity contribution < 1.29 is 19.4 Å². The molecule has 0 aromatic rings. The Hall–Kier alpha value is -1.30. The summed E-state index contributed by atoms with van der Waals surface area (Å²) in [5.41, 5.74) is -1.08. The van der Waals surface area contributed by atoms with Gasteiger partial charge in [-0.05, 0) is 32.1 Å². The summed E-state index contributed by atoms with van der Waals surface area (Å²) in [7, 11) is 0. The molecule has 1 saturated carbocycles. The van der Waals surface area contributed by atoms with Crippen molar-refractivity contribution in [3.63, 3.8) is 0 Å². The molecule has 2 aliphatic heterocycles. The van der Waals surface area contributed by atoms with Crippen molar-refractivity contribution >= 4 is 12.0 Å². The molecule has 6 nitrogen and oxygen atoms in total. The number of ether oxygens (including phenoxy) is 1. The first-order chi connectivity index (χ1) is 9.53. The van der Waals surface area contributed by atoms with Gasteiger partial charge in [-0.2, -0.15) is 0 Å². The van der Waals surface area contributed by atoms with E-state index in [4.69, 9.17) is 4.74 Å². The lowest BCUT2D eigenvalue weighted by Gasteiger charge is -2.36. The lowest BCUT2D eigenvalue weighted by atomic mass is 10.0. The molecule has 1 atom stereocenters. The zero-order chi connectivity index (χ0) is 14.3. The van der Waals surface area contributed by atoms with Gasteiger partial charge in [0, 0.05) is 19.1 Å². The molecule has 3 fully saturated rings. The number of rotatable bonds is 3. The van der Waals surface area contributed by atoms with E-state index < -0.39 is 5.60 Å². The third-order valence-electron chi connectivity index (χ3n) is 4.67. The second kappa shape index (κ2) is 4.91. The van der Waals surface area contributed by atoms with Crippen LogP contribution in [0.25, 0.3) is 0 Å². The lowest BCUT2D eigenvalue weighted by Crippen LogP contribution is -2.50. The van der Waals surface area contributed by atoms with Crippen molar-refractivity contribution in [3.05, 3.63) is 0 Å². The number of piperidine rings is 1. The van der Waals surface area contributed by atoms with Crippen molar-refractivity contribution in [1.29, 1.82) is 0 Å². The number of amides is 2. The highest BCUT2D eigenvalue weighted by molar-refractivity contribution is 5.87. The Kier molecular flexibility index (Phi) is 3.36. The van der Waals surface area contributed by atoms with Crippen LogP contribution in [0, 0.1) is 0 Å². The van der Waals surface area contributed by atoms with Gasteiger partial charge in [0.15, 0.2) is 0 Å². The van der Waals surface area contributed by atoms with Crippen molar-refractivity contribution in [2.45, 2.75) is 56.8 Å². The molecular formula is C14H22N2O4. The fourth-order valence-electron chi connectivity index (χ4n) is 3.06. The van der Waals surface area contributed by atoms with Gasteiger partial charge in [-0.3, -0.25) is 4.79 Å². The Morgan fingerprint density at radius 3 is 2.55 bits per heavy atom. The maximum absolute atomic E-state index is 12.0. The third-order valence-corrected chi connectivity index (χ3v) is 4.67. The minimum absolute atomic E-state index is 0.00865. The predicted octanol–water partition coefficient (Wildman–Crippen LogP) is 0.733. The van der Waals surface area contributed by atoms with E-state index in [9.17, 15) is 14.7 Å². The Morgan fingerprint density at radius 1 is 1.40 bits per heavy atom. The van der Waals surface area contributed by atoms with E-state index in [0.29, 0.717) is 32.5 Å². The van der Waals surface area contributed by atoms with Gasteiger partial charge in [0.25, 0.3) is 5.91 Å². The van der Waals surface area contributed by atoms with Crippen LogP contribution in [0.15, 0.2) is 0 Å². The fourth-order valence-corrected chi connectivity index (χ4v) is 3.06. The summed E-state index contributed by atoms with van der Waals surface area (Å²) >= 11 is 0. The summed E-state index contributed by atoms with van der Waals surface area (Å²) in [6.45, 7) is 3.91. The fraction of sp³-hybridized carbons (Fsp3) is 0.857. The van der Waals surface area contributed by atoms with Crippen LogP contribution in [0.2, 0.25) is 0 Å². The minimum Gasteiger partial charge on any atom is -0.444 e. The van der Waals surface area contributed by atoms with Crippen LogP contribution in [0.1, 0.15) is 39.0 Å². The largest absolute Gasteiger partial charge is 0.444 e. The lowest BCUT2D eigenvalue weighted by molar-refractivity contribution is -0.143. The highest BCUT2D eigenvalue weighted by Crippen LogP contribution is 2.37. The molecule has 3 aliphatic rings. The molecule has 3 rings (SSSR count). The highest BCUT2D eigenvalue weighted by Gasteiger charge is 2.50. The summed E-state index contributed by atoms with van der Waals surface area (Å²) in [4.78, 5) is 27.4. The number of nitrogens with zero attached hydrogens (tertiary/aromatic N) is 2. The molecule has 0 spiro atoms. The summed E-state index contributed by atoms with van der Waals surface area (Å²) in [5.74, 6) is -0.133. The molecule has 1 aliphatic carbocycles. The number of hydrogen-bond donors (Lipinski definition) is 1. The molecule has 1 unspecified atom stereocenters. The van der Waals surface area contributed by atoms with E-state index in [1.807, 2.05) is 11.8 Å². The molecule has 2 saturated heterocycles. The average molecular weight is 282 g/mol. The van der Waals surface area contributed by atoms with E-state index in [1.54, 1.807) is 4.90 Å². The molecular weight excluding hydrogens is 260 g/mol. The summed E-state index contributed by atoms with van der Waals surface area (Å²) in [6.07, 6.45) is 3.34. The third kappa shape index (κ3) is 2.37. The summed E-state index contributed by atoms with van der Waals surface area (Å²) in [6, 6.07) is 0.164. The number of aliphatic hydroxyl groups is 1. The quantitative estimate of drug-likeness (QED) is 0.828. The second-order valence-electron chi connectivity index (χ2n) is 6.12. The van der Waals surface area contributed by atoms with Crippen LogP contribution < -0.4 is 0 Å². The number of carbonyl (C=O) groups excluding carboxylic acids is 2. The molecule has 112 valence electrons. The van der Waals surface area contributed by atoms with Gasteiger partial charge in [-0.25, -0.2) is 4.79 Å². The standard InChI is InChI=1S/C14H22N2O4/c1-2-11-9-16(13(18)20-11)10-3-7-15(8-4-10)12(17)14(19)5-6-14/h10-11,19H,2-9H2,1H3. The van der Waals surface area contributed by atoms with Crippen molar-refractivity contribution in [1.82, 2.24) is 9.80 Å². The maximum Gasteiger partial charge on any atom is 0.410 e. The first-order valence-electron chi connectivity index (χ1n) is 7.52. The van der Waals surface area contributed by atoms with Gasteiger partial charge >= 0.3 is 6.09 Å². The Morgan fingerprint density at radius 2 is 2.05 bits per heavy atom. The molecule has 0 radical (unpaired) electrons. The van der Waals surface area contributed by atoms with E-state index in [-0.39, 0.29) is 24.1 Å². The zero-order valence-electron chi connectivity index (χ0n) is 11.9. The molecule has 2 amide bonds. The zero-order valence-corrected chi connectivity index (χ0v) is 11.9. The maximum atomic E-state index is 12.0. The predicted molar refractivity (Wildman–Crippen MR) is 71.1 cm³/mol. The topological polar surface area (TPSA) is 70.1 Å². The summed E-state index contributed by atoms with van der Waals surface area (Å²) in [5, 5.41) is 9.86. The van der Waals surface area contributed by atoms with Crippen LogP contribution in [0.5, 0.6) is 0 Å². The van der Waals surface area contributed by atoms with Crippen molar-refractivity contribution in [3.8, 4) is 0 Å². The second-order valence-corrected chi connectivity index (χ2v) is 6.12. The smallest absolute Gasteiger partial charge is 0.410 e. The van der Waals surface area contributed by atoms with Crippen LogP contribution in [-0.4, -0.2) is 64.3 Å². The Bertz CT molecular complexity index is 413. The van der Waals surface area contributed by atoms with Gasteiger partial charge in [-0.15, -0.1) is 0 Å². The van der Waals surface area contributed by atoms with Gasteiger partial charge in [-0.1, -0.05) is 6.92 Å². The van der Waals surface area contributed by atoms with Crippen molar-refractivity contribution in [2.24, 2.45) is 0 Å². The minimum atomic E-state index is -1.08. The van der Waals surface area contributed by atoms with E-state index in [0.717, 1.165) is 19.3 Å². The van der Waals surface area contributed by atoms with Gasteiger partial charge in [0.2, 0.25) is 0 Å². The molecule has 20 heavy (non-hydrogen) atoms. The Labute approximate surface area is 118 Å². The molecule has 1 N–H and O–H groups in total. The monoisotopic (exact) mass is 282 g/mol. The molecule has 2 heterocycles. The number of likely N-dealkylation sites (tertiary alicyclic amines) is 1. The molecule has 0 bridgehead atoms. The van der Waals surface area contributed by atoms with E-state index in [1.165, 1.54) is 0 Å². The first-order valence-corrected chi connectivity index (χ1v) is 7.52. The first kappa shape index (κ1) is 13.7. The van der Waals surface area contributed by atoms with E-state index >= 15 is 0 Å². The SMILES string of the molecule is CCC1CN(C2CCN(C(=O)C3(O)CC3)CC2)C(=O)O1. The van der Waals surface area contributed by atoms with Gasteiger partial charge in [0.05, 0.1) is 6.54 Å². The van der Waals surface area contributed by atoms with Crippen LogP contribution >= 0.6 is 0 Å². The average Bonchev–Trinajstić information content (AvgIpc) is 3.10. The van der Waals surface area contributed by atoms with Crippen molar-refractivity contribution in [2.75, 3.05) is 19.6 Å². The van der Waals surface area contributed by atoms with E-state index in [2.05, 4.69) is 0 Å². The molecule has 6 heteroatoms. The van der Waals surface area contributed by atoms with Gasteiger partial charge in [0.1, 0.15) is 11.7 Å². The Balaban J connectivity index is 1.54.